The zero-order valence-corrected chi connectivity index (χ0v) is 12.3. The Hall–Kier alpha value is -0.890. The highest BCUT2D eigenvalue weighted by molar-refractivity contribution is 7.18. The number of nitrogens with zero attached hydrogens (tertiary/aromatic N) is 1. The molecular formula is C16H23NS. The van der Waals surface area contributed by atoms with E-state index in [-0.39, 0.29) is 0 Å². The highest BCUT2D eigenvalue weighted by Gasteiger charge is 2.15. The van der Waals surface area contributed by atoms with Crippen molar-refractivity contribution in [1.29, 1.82) is 0 Å². The number of para-hydroxylation sites is 1. The van der Waals surface area contributed by atoms with Gasteiger partial charge in [-0.1, -0.05) is 51.7 Å². The fraction of sp³-hybridized carbons (Fsp3) is 0.562. The van der Waals surface area contributed by atoms with Crippen molar-refractivity contribution in [2.45, 2.75) is 58.3 Å². The first-order valence-electron chi connectivity index (χ1n) is 7.20. The van der Waals surface area contributed by atoms with Crippen LogP contribution >= 0.6 is 11.3 Å². The van der Waals surface area contributed by atoms with Crippen LogP contribution in [0, 0.1) is 0 Å². The van der Waals surface area contributed by atoms with Crippen molar-refractivity contribution >= 4 is 21.6 Å². The summed E-state index contributed by atoms with van der Waals surface area (Å²) in [6, 6.07) is 8.50. The molecule has 0 N–H and O–H groups in total. The number of hydrogen-bond donors (Lipinski definition) is 0. The van der Waals surface area contributed by atoms with Crippen molar-refractivity contribution < 1.29 is 0 Å². The molecule has 18 heavy (non-hydrogen) atoms. The largest absolute Gasteiger partial charge is 0.241 e. The molecule has 1 nitrogen and oxygen atoms in total. The van der Waals surface area contributed by atoms with Gasteiger partial charge in [0.2, 0.25) is 0 Å². The lowest BCUT2D eigenvalue weighted by Gasteiger charge is -2.12. The van der Waals surface area contributed by atoms with Gasteiger partial charge in [0.05, 0.1) is 15.2 Å². The lowest BCUT2D eigenvalue weighted by atomic mass is 9.97. The van der Waals surface area contributed by atoms with E-state index in [0.29, 0.717) is 5.92 Å². The van der Waals surface area contributed by atoms with Crippen LogP contribution in [0.15, 0.2) is 24.3 Å². The molecule has 1 unspecified atom stereocenters. The van der Waals surface area contributed by atoms with E-state index in [2.05, 4.69) is 38.1 Å². The van der Waals surface area contributed by atoms with Gasteiger partial charge in [0, 0.05) is 5.92 Å². The van der Waals surface area contributed by atoms with E-state index >= 15 is 0 Å². The molecule has 0 aliphatic carbocycles. The van der Waals surface area contributed by atoms with Gasteiger partial charge in [0.15, 0.2) is 0 Å². The summed E-state index contributed by atoms with van der Waals surface area (Å²) in [5.74, 6) is 0.680. The maximum atomic E-state index is 4.83. The van der Waals surface area contributed by atoms with E-state index in [1.54, 1.807) is 0 Å². The summed E-state index contributed by atoms with van der Waals surface area (Å²) in [5.41, 5.74) is 1.18. The molecule has 0 radical (unpaired) electrons. The first kappa shape index (κ1) is 13.5. The SMILES string of the molecule is CCCCCC(CCC)c1nc2ccccc2s1. The van der Waals surface area contributed by atoms with Gasteiger partial charge in [-0.3, -0.25) is 0 Å². The summed E-state index contributed by atoms with van der Waals surface area (Å²) in [5, 5.41) is 1.36. The summed E-state index contributed by atoms with van der Waals surface area (Å²) >= 11 is 1.89. The van der Waals surface area contributed by atoms with Gasteiger partial charge in [-0.05, 0) is 25.0 Å². The molecule has 0 saturated carbocycles. The van der Waals surface area contributed by atoms with Crippen LogP contribution in [0.25, 0.3) is 10.2 Å². The number of aromatic nitrogens is 1. The van der Waals surface area contributed by atoms with E-state index < -0.39 is 0 Å². The monoisotopic (exact) mass is 261 g/mol. The minimum atomic E-state index is 0.680. The van der Waals surface area contributed by atoms with E-state index in [9.17, 15) is 0 Å². The average Bonchev–Trinajstić information content (AvgIpc) is 2.81. The van der Waals surface area contributed by atoms with Crippen molar-refractivity contribution in [3.8, 4) is 0 Å². The second-order valence-corrected chi connectivity index (χ2v) is 6.06. The Morgan fingerprint density at radius 3 is 2.61 bits per heavy atom. The van der Waals surface area contributed by atoms with Crippen LogP contribution in [-0.4, -0.2) is 4.98 Å². The van der Waals surface area contributed by atoms with Gasteiger partial charge in [-0.15, -0.1) is 11.3 Å². The number of fused-ring (bicyclic) bond motifs is 1. The van der Waals surface area contributed by atoms with Gasteiger partial charge in [-0.25, -0.2) is 4.98 Å². The molecule has 0 saturated heterocycles. The summed E-state index contributed by atoms with van der Waals surface area (Å²) in [4.78, 5) is 4.83. The second kappa shape index (κ2) is 6.89. The lowest BCUT2D eigenvalue weighted by molar-refractivity contribution is 0.528. The minimum absolute atomic E-state index is 0.680. The Bertz CT molecular complexity index is 442. The van der Waals surface area contributed by atoms with Crippen molar-refractivity contribution in [3.63, 3.8) is 0 Å². The predicted molar refractivity (Wildman–Crippen MR) is 81.4 cm³/mol. The molecule has 2 rings (SSSR count). The Morgan fingerprint density at radius 2 is 1.89 bits per heavy atom. The predicted octanol–water partition coefficient (Wildman–Crippen LogP) is 5.76. The lowest BCUT2D eigenvalue weighted by Crippen LogP contribution is -1.98. The Labute approximate surface area is 114 Å². The molecule has 1 atom stereocenters. The average molecular weight is 261 g/mol. The summed E-state index contributed by atoms with van der Waals surface area (Å²) in [6.45, 7) is 4.55. The van der Waals surface area contributed by atoms with Crippen LogP contribution in [-0.2, 0) is 0 Å². The van der Waals surface area contributed by atoms with Crippen LogP contribution in [0.3, 0.4) is 0 Å². The standard InChI is InChI=1S/C16H23NS/c1-3-5-6-10-13(9-4-2)16-17-14-11-7-8-12-15(14)18-16/h7-8,11-13H,3-6,9-10H2,1-2H3. The molecular weight excluding hydrogens is 238 g/mol. The van der Waals surface area contributed by atoms with Gasteiger partial charge < -0.3 is 0 Å². The third kappa shape index (κ3) is 3.32. The van der Waals surface area contributed by atoms with Gasteiger partial charge in [0.25, 0.3) is 0 Å². The minimum Gasteiger partial charge on any atom is -0.241 e. The van der Waals surface area contributed by atoms with Crippen LogP contribution in [0.5, 0.6) is 0 Å². The molecule has 98 valence electrons. The first-order valence-corrected chi connectivity index (χ1v) is 8.02. The Balaban J connectivity index is 2.13. The highest BCUT2D eigenvalue weighted by Crippen LogP contribution is 2.33. The van der Waals surface area contributed by atoms with Crippen LogP contribution in [0.4, 0.5) is 0 Å². The Kier molecular flexibility index (Phi) is 5.18. The molecule has 1 heterocycles. The maximum absolute atomic E-state index is 4.83. The molecule has 0 spiro atoms. The zero-order valence-electron chi connectivity index (χ0n) is 11.5. The smallest absolute Gasteiger partial charge is 0.0969 e. The number of benzene rings is 1. The molecule has 0 bridgehead atoms. The molecule has 2 aromatic rings. The molecule has 0 fully saturated rings. The summed E-state index contributed by atoms with van der Waals surface area (Å²) in [6.07, 6.45) is 7.85. The molecule has 1 aromatic carbocycles. The van der Waals surface area contributed by atoms with E-state index in [1.807, 2.05) is 11.3 Å². The van der Waals surface area contributed by atoms with Gasteiger partial charge in [0.1, 0.15) is 0 Å². The highest BCUT2D eigenvalue weighted by atomic mass is 32.1. The van der Waals surface area contributed by atoms with Crippen molar-refractivity contribution in [2.75, 3.05) is 0 Å². The van der Waals surface area contributed by atoms with E-state index in [0.717, 1.165) is 0 Å². The van der Waals surface area contributed by atoms with Gasteiger partial charge in [-0.2, -0.15) is 0 Å². The van der Waals surface area contributed by atoms with Crippen molar-refractivity contribution in [1.82, 2.24) is 4.98 Å². The molecule has 0 amide bonds. The fourth-order valence-electron chi connectivity index (χ4n) is 2.45. The summed E-state index contributed by atoms with van der Waals surface area (Å²) < 4.78 is 1.34. The van der Waals surface area contributed by atoms with Crippen LogP contribution in [0.2, 0.25) is 0 Å². The quantitative estimate of drug-likeness (QED) is 0.577. The number of thiazole rings is 1. The number of hydrogen-bond acceptors (Lipinski definition) is 2. The molecule has 2 heteroatoms. The fourth-order valence-corrected chi connectivity index (χ4v) is 3.58. The Morgan fingerprint density at radius 1 is 1.06 bits per heavy atom. The third-order valence-corrected chi connectivity index (χ3v) is 4.65. The van der Waals surface area contributed by atoms with Crippen LogP contribution < -0.4 is 0 Å². The van der Waals surface area contributed by atoms with E-state index in [1.165, 1.54) is 53.7 Å². The van der Waals surface area contributed by atoms with Crippen molar-refractivity contribution in [2.24, 2.45) is 0 Å². The zero-order chi connectivity index (χ0) is 12.8. The third-order valence-electron chi connectivity index (χ3n) is 3.45. The normalized spacial score (nSPS) is 13.0. The number of rotatable bonds is 7. The van der Waals surface area contributed by atoms with Crippen LogP contribution in [0.1, 0.15) is 63.3 Å². The molecule has 0 aliphatic rings. The topological polar surface area (TPSA) is 12.9 Å². The second-order valence-electron chi connectivity index (χ2n) is 5.00. The number of unbranched alkanes of at least 4 members (excludes halogenated alkanes) is 2. The molecule has 0 aliphatic heterocycles. The van der Waals surface area contributed by atoms with Crippen molar-refractivity contribution in [3.05, 3.63) is 29.3 Å². The maximum Gasteiger partial charge on any atom is 0.0969 e. The molecule has 1 aromatic heterocycles. The van der Waals surface area contributed by atoms with E-state index in [4.69, 9.17) is 4.98 Å². The van der Waals surface area contributed by atoms with Gasteiger partial charge >= 0.3 is 0 Å². The first-order chi connectivity index (χ1) is 8.85. The summed E-state index contributed by atoms with van der Waals surface area (Å²) in [7, 11) is 0.